The summed E-state index contributed by atoms with van der Waals surface area (Å²) >= 11 is 0. The molecule has 108 valence electrons. The summed E-state index contributed by atoms with van der Waals surface area (Å²) in [7, 11) is 1.89. The Morgan fingerprint density at radius 2 is 2.10 bits per heavy atom. The molecule has 0 saturated heterocycles. The van der Waals surface area contributed by atoms with E-state index in [1.807, 2.05) is 31.3 Å². The van der Waals surface area contributed by atoms with E-state index in [0.717, 1.165) is 17.9 Å². The standard InChI is InChI=1S/C15H15N3O3/c1-16-9-11-5-2-3-6-12(11)20-10-14-17-15(18-21-14)13-7-4-8-19-13/h2-8,16H,9-10H2,1H3. The van der Waals surface area contributed by atoms with E-state index < -0.39 is 0 Å². The van der Waals surface area contributed by atoms with E-state index in [4.69, 9.17) is 13.7 Å². The van der Waals surface area contributed by atoms with Crippen LogP contribution in [0.2, 0.25) is 0 Å². The third-order valence-corrected chi connectivity index (χ3v) is 2.90. The molecule has 2 heterocycles. The minimum Gasteiger partial charge on any atom is -0.483 e. The smallest absolute Gasteiger partial charge is 0.264 e. The predicted molar refractivity (Wildman–Crippen MR) is 75.5 cm³/mol. The van der Waals surface area contributed by atoms with Crippen molar-refractivity contribution in [3.05, 3.63) is 54.1 Å². The molecule has 0 saturated carbocycles. The lowest BCUT2D eigenvalue weighted by Gasteiger charge is -2.09. The van der Waals surface area contributed by atoms with Crippen LogP contribution in [0.4, 0.5) is 0 Å². The molecule has 0 atom stereocenters. The van der Waals surface area contributed by atoms with Crippen molar-refractivity contribution in [1.82, 2.24) is 15.5 Å². The summed E-state index contributed by atoms with van der Waals surface area (Å²) in [5.74, 6) is 2.19. The summed E-state index contributed by atoms with van der Waals surface area (Å²) in [6, 6.07) is 11.4. The first kappa shape index (κ1) is 13.4. The molecular weight excluding hydrogens is 270 g/mol. The highest BCUT2D eigenvalue weighted by atomic mass is 16.5. The average Bonchev–Trinajstić information content (AvgIpc) is 3.18. The van der Waals surface area contributed by atoms with Gasteiger partial charge in [-0.1, -0.05) is 23.4 Å². The molecule has 0 bridgehead atoms. The van der Waals surface area contributed by atoms with Gasteiger partial charge >= 0.3 is 0 Å². The van der Waals surface area contributed by atoms with Crippen molar-refractivity contribution in [2.45, 2.75) is 13.2 Å². The molecule has 0 fully saturated rings. The van der Waals surface area contributed by atoms with Gasteiger partial charge in [0.25, 0.3) is 5.89 Å². The fraction of sp³-hybridized carbons (Fsp3) is 0.200. The molecule has 6 nitrogen and oxygen atoms in total. The Labute approximate surface area is 121 Å². The molecule has 1 N–H and O–H groups in total. The van der Waals surface area contributed by atoms with Crippen LogP contribution in [0.25, 0.3) is 11.6 Å². The molecule has 0 radical (unpaired) electrons. The second-order valence-electron chi connectivity index (χ2n) is 4.42. The zero-order valence-electron chi connectivity index (χ0n) is 11.6. The number of ether oxygens (including phenoxy) is 1. The Balaban J connectivity index is 1.68. The number of aromatic nitrogens is 2. The number of furan rings is 1. The Morgan fingerprint density at radius 1 is 1.19 bits per heavy atom. The molecule has 2 aromatic heterocycles. The van der Waals surface area contributed by atoms with Crippen LogP contribution in [0, 0.1) is 0 Å². The van der Waals surface area contributed by atoms with Crippen molar-refractivity contribution in [2.24, 2.45) is 0 Å². The van der Waals surface area contributed by atoms with Gasteiger partial charge in [-0.3, -0.25) is 0 Å². The summed E-state index contributed by atoms with van der Waals surface area (Å²) in [4.78, 5) is 4.23. The van der Waals surface area contributed by atoms with Gasteiger partial charge in [0.05, 0.1) is 6.26 Å². The number of nitrogens with one attached hydrogen (secondary N) is 1. The highest BCUT2D eigenvalue weighted by molar-refractivity contribution is 5.44. The molecule has 3 rings (SSSR count). The van der Waals surface area contributed by atoms with E-state index in [9.17, 15) is 0 Å². The quantitative estimate of drug-likeness (QED) is 0.750. The van der Waals surface area contributed by atoms with Gasteiger partial charge in [-0.2, -0.15) is 4.98 Å². The Kier molecular flexibility index (Phi) is 3.97. The zero-order valence-corrected chi connectivity index (χ0v) is 11.6. The molecule has 0 aliphatic carbocycles. The molecule has 0 spiro atoms. The Hall–Kier alpha value is -2.60. The van der Waals surface area contributed by atoms with Crippen LogP contribution < -0.4 is 10.1 Å². The SMILES string of the molecule is CNCc1ccccc1OCc1nc(-c2ccco2)no1. The Bertz CT molecular complexity index is 692. The number of hydrogen-bond acceptors (Lipinski definition) is 6. The number of hydrogen-bond donors (Lipinski definition) is 1. The molecule has 0 aliphatic heterocycles. The first-order valence-electron chi connectivity index (χ1n) is 6.58. The third kappa shape index (κ3) is 3.11. The molecule has 3 aromatic rings. The predicted octanol–water partition coefficient (Wildman–Crippen LogP) is 2.63. The minimum absolute atomic E-state index is 0.217. The van der Waals surface area contributed by atoms with Crippen LogP contribution in [0.3, 0.4) is 0 Å². The number of benzene rings is 1. The lowest BCUT2D eigenvalue weighted by atomic mass is 10.2. The lowest BCUT2D eigenvalue weighted by Crippen LogP contribution is -2.07. The number of nitrogens with zero attached hydrogens (tertiary/aromatic N) is 2. The summed E-state index contributed by atoms with van der Waals surface area (Å²) in [5.41, 5.74) is 1.07. The van der Waals surface area contributed by atoms with Crippen molar-refractivity contribution >= 4 is 0 Å². The second kappa shape index (κ2) is 6.23. The molecule has 0 amide bonds. The van der Waals surface area contributed by atoms with Gasteiger partial charge in [-0.05, 0) is 25.2 Å². The van der Waals surface area contributed by atoms with Gasteiger partial charge in [0, 0.05) is 12.1 Å². The Morgan fingerprint density at radius 3 is 2.90 bits per heavy atom. The average molecular weight is 285 g/mol. The lowest BCUT2D eigenvalue weighted by molar-refractivity contribution is 0.241. The molecule has 6 heteroatoms. The van der Waals surface area contributed by atoms with Crippen LogP contribution in [-0.2, 0) is 13.2 Å². The second-order valence-corrected chi connectivity index (χ2v) is 4.42. The van der Waals surface area contributed by atoms with E-state index in [0.29, 0.717) is 17.5 Å². The van der Waals surface area contributed by atoms with E-state index in [2.05, 4.69) is 15.5 Å². The third-order valence-electron chi connectivity index (χ3n) is 2.90. The molecule has 1 aromatic carbocycles. The fourth-order valence-corrected chi connectivity index (χ4v) is 1.94. The maximum absolute atomic E-state index is 5.74. The molecule has 0 unspecified atom stereocenters. The summed E-state index contributed by atoms with van der Waals surface area (Å²) < 4.78 is 16.1. The maximum atomic E-state index is 5.74. The first-order chi connectivity index (χ1) is 10.4. The van der Waals surface area contributed by atoms with Crippen LogP contribution >= 0.6 is 0 Å². The molecule has 21 heavy (non-hydrogen) atoms. The van der Waals surface area contributed by atoms with Gasteiger partial charge in [0.15, 0.2) is 12.4 Å². The van der Waals surface area contributed by atoms with Crippen molar-refractivity contribution in [3.63, 3.8) is 0 Å². The molecular formula is C15H15N3O3. The van der Waals surface area contributed by atoms with Gasteiger partial charge in [-0.25, -0.2) is 0 Å². The number of rotatable bonds is 6. The van der Waals surface area contributed by atoms with Crippen LogP contribution in [0.1, 0.15) is 11.5 Å². The summed E-state index contributed by atoms with van der Waals surface area (Å²) in [6.45, 7) is 0.950. The van der Waals surface area contributed by atoms with Crippen molar-refractivity contribution < 1.29 is 13.7 Å². The van der Waals surface area contributed by atoms with E-state index in [-0.39, 0.29) is 6.61 Å². The van der Waals surface area contributed by atoms with Crippen LogP contribution in [0.15, 0.2) is 51.6 Å². The van der Waals surface area contributed by atoms with Crippen LogP contribution in [0.5, 0.6) is 5.75 Å². The van der Waals surface area contributed by atoms with Crippen molar-refractivity contribution in [1.29, 1.82) is 0 Å². The minimum atomic E-state index is 0.217. The first-order valence-corrected chi connectivity index (χ1v) is 6.58. The fourth-order valence-electron chi connectivity index (χ4n) is 1.94. The van der Waals surface area contributed by atoms with Gasteiger partial charge in [0.2, 0.25) is 5.82 Å². The zero-order chi connectivity index (χ0) is 14.5. The van der Waals surface area contributed by atoms with Crippen molar-refractivity contribution in [3.8, 4) is 17.3 Å². The van der Waals surface area contributed by atoms with E-state index in [1.165, 1.54) is 0 Å². The van der Waals surface area contributed by atoms with Crippen LogP contribution in [-0.4, -0.2) is 17.2 Å². The van der Waals surface area contributed by atoms with Gasteiger partial charge in [-0.15, -0.1) is 0 Å². The maximum Gasteiger partial charge on any atom is 0.264 e. The summed E-state index contributed by atoms with van der Waals surface area (Å²) in [5, 5.41) is 6.96. The summed E-state index contributed by atoms with van der Waals surface area (Å²) in [6.07, 6.45) is 1.57. The monoisotopic (exact) mass is 285 g/mol. The van der Waals surface area contributed by atoms with Gasteiger partial charge in [0.1, 0.15) is 5.75 Å². The number of para-hydroxylation sites is 1. The topological polar surface area (TPSA) is 73.3 Å². The molecule has 0 aliphatic rings. The van der Waals surface area contributed by atoms with E-state index >= 15 is 0 Å². The highest BCUT2D eigenvalue weighted by Crippen LogP contribution is 2.20. The van der Waals surface area contributed by atoms with Gasteiger partial charge < -0.3 is 19.0 Å². The normalized spacial score (nSPS) is 10.7. The highest BCUT2D eigenvalue weighted by Gasteiger charge is 2.11. The van der Waals surface area contributed by atoms with Crippen molar-refractivity contribution in [2.75, 3.05) is 7.05 Å². The largest absolute Gasteiger partial charge is 0.483 e. The van der Waals surface area contributed by atoms with E-state index in [1.54, 1.807) is 18.4 Å².